The quantitative estimate of drug-likeness (QED) is 0.550. The first-order valence-electron chi connectivity index (χ1n) is 8.96. The molecule has 8 heteroatoms. The first-order valence-corrected chi connectivity index (χ1v) is 9.34. The molecule has 0 fully saturated rings. The smallest absolute Gasteiger partial charge is 0.325 e. The van der Waals surface area contributed by atoms with E-state index in [1.54, 1.807) is 54.6 Å². The third-order valence-corrected chi connectivity index (χ3v) is 4.10. The zero-order valence-corrected chi connectivity index (χ0v) is 16.5. The van der Waals surface area contributed by atoms with Crippen molar-refractivity contribution in [1.29, 1.82) is 0 Å². The number of anilines is 2. The molecule has 0 saturated heterocycles. The Morgan fingerprint density at radius 1 is 0.800 bits per heavy atom. The number of nitrogens with one attached hydrogen (secondary N) is 3. The minimum absolute atomic E-state index is 0.159. The van der Waals surface area contributed by atoms with E-state index in [2.05, 4.69) is 16.0 Å². The van der Waals surface area contributed by atoms with E-state index in [1.807, 2.05) is 6.07 Å². The van der Waals surface area contributed by atoms with E-state index >= 15 is 0 Å². The van der Waals surface area contributed by atoms with Crippen LogP contribution in [-0.2, 0) is 4.79 Å². The van der Waals surface area contributed by atoms with Crippen molar-refractivity contribution in [2.75, 3.05) is 17.2 Å². The predicted molar refractivity (Wildman–Crippen MR) is 115 cm³/mol. The van der Waals surface area contributed by atoms with Gasteiger partial charge >= 0.3 is 6.03 Å². The van der Waals surface area contributed by atoms with Gasteiger partial charge in [-0.15, -0.1) is 0 Å². The van der Waals surface area contributed by atoms with Gasteiger partial charge in [0.2, 0.25) is 0 Å². The number of halogens is 1. The summed E-state index contributed by atoms with van der Waals surface area (Å²) in [6.07, 6.45) is 0. The summed E-state index contributed by atoms with van der Waals surface area (Å²) in [5.74, 6) is -0.958. The second-order valence-electron chi connectivity index (χ2n) is 6.12. The average Bonchev–Trinajstić information content (AvgIpc) is 2.74. The van der Waals surface area contributed by atoms with Gasteiger partial charge in [0.25, 0.3) is 11.8 Å². The number of rotatable bonds is 6. The number of hydrogen-bond donors (Lipinski definition) is 3. The minimum atomic E-state index is -0.687. The van der Waals surface area contributed by atoms with Crippen molar-refractivity contribution >= 4 is 40.8 Å². The lowest BCUT2D eigenvalue weighted by Crippen LogP contribution is -2.37. The average molecular weight is 424 g/mol. The normalized spacial score (nSPS) is 10.0. The second-order valence-corrected chi connectivity index (χ2v) is 6.55. The van der Waals surface area contributed by atoms with Gasteiger partial charge in [0, 0.05) is 16.4 Å². The van der Waals surface area contributed by atoms with E-state index in [4.69, 9.17) is 16.3 Å². The molecule has 30 heavy (non-hydrogen) atoms. The minimum Gasteiger partial charge on any atom is -0.483 e. The summed E-state index contributed by atoms with van der Waals surface area (Å²) in [5, 5.41) is 7.76. The number of para-hydroxylation sites is 2. The molecule has 0 aliphatic heterocycles. The molecule has 0 bridgehead atoms. The third kappa shape index (κ3) is 6.08. The Morgan fingerprint density at radius 2 is 1.40 bits per heavy atom. The molecule has 0 saturated carbocycles. The molecule has 0 aliphatic carbocycles. The Hall–Kier alpha value is -3.84. The standard InChI is InChI=1S/C22H18ClN3O4/c23-15-11-12-19(18(13-15)21(28)24-16-7-3-1-4-8-16)30-14-20(27)26-22(29)25-17-9-5-2-6-10-17/h1-13H,14H2,(H,24,28)(H2,25,26,27,29). The maximum atomic E-state index is 12.6. The summed E-state index contributed by atoms with van der Waals surface area (Å²) in [7, 11) is 0. The van der Waals surface area contributed by atoms with Crippen LogP contribution in [0.5, 0.6) is 5.75 Å². The number of urea groups is 1. The lowest BCUT2D eigenvalue weighted by molar-refractivity contribution is -0.121. The van der Waals surface area contributed by atoms with Gasteiger partial charge in [0.05, 0.1) is 5.56 Å². The topological polar surface area (TPSA) is 96.5 Å². The number of amides is 4. The molecule has 0 radical (unpaired) electrons. The molecule has 152 valence electrons. The Labute approximate surface area is 178 Å². The van der Waals surface area contributed by atoms with Crippen LogP contribution in [0.3, 0.4) is 0 Å². The summed E-state index contributed by atoms with van der Waals surface area (Å²) in [6, 6.07) is 21.3. The summed E-state index contributed by atoms with van der Waals surface area (Å²) >= 11 is 6.00. The van der Waals surface area contributed by atoms with Crippen molar-refractivity contribution in [1.82, 2.24) is 5.32 Å². The molecule has 0 aliphatic rings. The predicted octanol–water partition coefficient (Wildman–Crippen LogP) is 4.32. The SMILES string of the molecule is O=C(COc1ccc(Cl)cc1C(=O)Nc1ccccc1)NC(=O)Nc1ccccc1. The molecule has 0 heterocycles. The molecule has 7 nitrogen and oxygen atoms in total. The maximum absolute atomic E-state index is 12.6. The lowest BCUT2D eigenvalue weighted by atomic mass is 10.2. The molecule has 3 rings (SSSR count). The van der Waals surface area contributed by atoms with Crippen LogP contribution in [0.15, 0.2) is 78.9 Å². The van der Waals surface area contributed by atoms with Gasteiger partial charge in [-0.05, 0) is 42.5 Å². The number of benzene rings is 3. The molecular formula is C22H18ClN3O4. The molecule has 0 unspecified atom stereocenters. The summed E-state index contributed by atoms with van der Waals surface area (Å²) in [4.78, 5) is 36.5. The number of carbonyl (C=O) groups excluding carboxylic acids is 3. The monoisotopic (exact) mass is 423 g/mol. The Kier molecular flexibility index (Phi) is 7.02. The van der Waals surface area contributed by atoms with Gasteiger partial charge in [-0.3, -0.25) is 14.9 Å². The van der Waals surface area contributed by atoms with Crippen LogP contribution in [-0.4, -0.2) is 24.5 Å². The summed E-state index contributed by atoms with van der Waals surface area (Å²) in [6.45, 7) is -0.463. The van der Waals surface area contributed by atoms with E-state index in [0.29, 0.717) is 16.4 Å². The van der Waals surface area contributed by atoms with Crippen LogP contribution in [0, 0.1) is 0 Å². The van der Waals surface area contributed by atoms with Crippen LogP contribution in [0.1, 0.15) is 10.4 Å². The van der Waals surface area contributed by atoms with Crippen molar-refractivity contribution in [2.45, 2.75) is 0 Å². The number of imide groups is 1. The summed E-state index contributed by atoms with van der Waals surface area (Å²) in [5.41, 5.74) is 1.30. The van der Waals surface area contributed by atoms with Crippen molar-refractivity contribution in [3.8, 4) is 5.75 Å². The Bertz CT molecular complexity index is 1040. The van der Waals surface area contributed by atoms with E-state index < -0.39 is 24.5 Å². The van der Waals surface area contributed by atoms with Crippen molar-refractivity contribution in [3.05, 3.63) is 89.4 Å². The van der Waals surface area contributed by atoms with Crippen LogP contribution in [0.2, 0.25) is 5.02 Å². The van der Waals surface area contributed by atoms with Crippen LogP contribution >= 0.6 is 11.6 Å². The highest BCUT2D eigenvalue weighted by Crippen LogP contribution is 2.24. The fourth-order valence-corrected chi connectivity index (χ4v) is 2.69. The van der Waals surface area contributed by atoms with Gasteiger partial charge < -0.3 is 15.4 Å². The molecule has 0 aromatic heterocycles. The Morgan fingerprint density at radius 3 is 2.03 bits per heavy atom. The van der Waals surface area contributed by atoms with Gasteiger partial charge in [-0.1, -0.05) is 48.0 Å². The highest BCUT2D eigenvalue weighted by Gasteiger charge is 2.16. The second kappa shape index (κ2) is 10.1. The van der Waals surface area contributed by atoms with E-state index in [9.17, 15) is 14.4 Å². The van der Waals surface area contributed by atoms with Gasteiger partial charge in [0.1, 0.15) is 5.75 Å². The van der Waals surface area contributed by atoms with Crippen molar-refractivity contribution in [2.24, 2.45) is 0 Å². The van der Waals surface area contributed by atoms with Crippen LogP contribution in [0.25, 0.3) is 0 Å². The molecule has 3 aromatic rings. The van der Waals surface area contributed by atoms with Crippen LogP contribution < -0.4 is 20.7 Å². The molecule has 4 amide bonds. The van der Waals surface area contributed by atoms with Crippen molar-refractivity contribution in [3.63, 3.8) is 0 Å². The number of carbonyl (C=O) groups is 3. The van der Waals surface area contributed by atoms with E-state index in [0.717, 1.165) is 0 Å². The van der Waals surface area contributed by atoms with Crippen LogP contribution in [0.4, 0.5) is 16.2 Å². The summed E-state index contributed by atoms with van der Waals surface area (Å²) < 4.78 is 5.45. The Balaban J connectivity index is 1.60. The fraction of sp³-hybridized carbons (Fsp3) is 0.0455. The van der Waals surface area contributed by atoms with E-state index in [-0.39, 0.29) is 11.3 Å². The van der Waals surface area contributed by atoms with Gasteiger partial charge in [-0.2, -0.15) is 0 Å². The van der Waals surface area contributed by atoms with E-state index in [1.165, 1.54) is 18.2 Å². The van der Waals surface area contributed by atoms with Crippen molar-refractivity contribution < 1.29 is 19.1 Å². The molecule has 3 aromatic carbocycles. The lowest BCUT2D eigenvalue weighted by Gasteiger charge is -2.12. The maximum Gasteiger partial charge on any atom is 0.325 e. The zero-order chi connectivity index (χ0) is 21.3. The highest BCUT2D eigenvalue weighted by molar-refractivity contribution is 6.31. The van der Waals surface area contributed by atoms with Gasteiger partial charge in [0.15, 0.2) is 6.61 Å². The molecule has 0 atom stereocenters. The third-order valence-electron chi connectivity index (χ3n) is 3.86. The highest BCUT2D eigenvalue weighted by atomic mass is 35.5. The largest absolute Gasteiger partial charge is 0.483 e. The van der Waals surface area contributed by atoms with Gasteiger partial charge in [-0.25, -0.2) is 4.79 Å². The fourth-order valence-electron chi connectivity index (χ4n) is 2.52. The first-order chi connectivity index (χ1) is 14.5. The molecular weight excluding hydrogens is 406 g/mol. The zero-order valence-electron chi connectivity index (χ0n) is 15.7. The number of ether oxygens (including phenoxy) is 1. The molecule has 3 N–H and O–H groups in total. The molecule has 0 spiro atoms. The first kappa shape index (κ1) is 20.9. The number of hydrogen-bond acceptors (Lipinski definition) is 4.